The van der Waals surface area contributed by atoms with Crippen LogP contribution in [0.4, 0.5) is 5.69 Å². The standard InChI is InChI=1S/C24H25N3O2S/c28-22(25-20-8-4-7-19-9-14-30-21(19)20)23(29)27-13-11-24(17-27)10-12-26(16-24)15-18-5-2-1-3-6-18/h1-9,14H,10-13,15-17H2,(H,25,28). The highest BCUT2D eigenvalue weighted by Gasteiger charge is 2.45. The summed E-state index contributed by atoms with van der Waals surface area (Å²) in [7, 11) is 0. The van der Waals surface area contributed by atoms with Crippen molar-refractivity contribution in [3.8, 4) is 0 Å². The molecule has 1 spiro atoms. The van der Waals surface area contributed by atoms with Gasteiger partial charge in [-0.3, -0.25) is 14.5 Å². The molecule has 2 aliphatic heterocycles. The monoisotopic (exact) mass is 419 g/mol. The van der Waals surface area contributed by atoms with Crippen LogP contribution < -0.4 is 5.32 Å². The van der Waals surface area contributed by atoms with E-state index in [0.29, 0.717) is 18.8 Å². The molecule has 1 unspecified atom stereocenters. The third-order valence-corrected chi connectivity index (χ3v) is 7.38. The summed E-state index contributed by atoms with van der Waals surface area (Å²) in [5.41, 5.74) is 2.16. The number of amides is 2. The summed E-state index contributed by atoms with van der Waals surface area (Å²) in [5.74, 6) is -0.950. The Morgan fingerprint density at radius 1 is 0.967 bits per heavy atom. The molecular weight excluding hydrogens is 394 g/mol. The van der Waals surface area contributed by atoms with Crippen molar-refractivity contribution in [1.29, 1.82) is 0 Å². The fourth-order valence-corrected chi connectivity index (χ4v) is 5.73. The van der Waals surface area contributed by atoms with Crippen molar-refractivity contribution in [2.75, 3.05) is 31.5 Å². The molecule has 5 rings (SSSR count). The van der Waals surface area contributed by atoms with Gasteiger partial charge in [-0.2, -0.15) is 0 Å². The zero-order valence-electron chi connectivity index (χ0n) is 16.8. The molecule has 30 heavy (non-hydrogen) atoms. The lowest BCUT2D eigenvalue weighted by atomic mass is 9.86. The van der Waals surface area contributed by atoms with E-state index < -0.39 is 11.8 Å². The van der Waals surface area contributed by atoms with Crippen LogP contribution in [-0.2, 0) is 16.1 Å². The highest BCUT2D eigenvalue weighted by Crippen LogP contribution is 2.40. The molecule has 2 aliphatic rings. The maximum absolute atomic E-state index is 12.8. The number of fused-ring (bicyclic) bond motifs is 1. The average molecular weight is 420 g/mol. The van der Waals surface area contributed by atoms with Crippen LogP contribution in [0.2, 0.25) is 0 Å². The van der Waals surface area contributed by atoms with Gasteiger partial charge in [-0.05, 0) is 47.8 Å². The van der Waals surface area contributed by atoms with E-state index in [9.17, 15) is 9.59 Å². The summed E-state index contributed by atoms with van der Waals surface area (Å²) in [6.45, 7) is 4.31. The molecule has 6 heteroatoms. The van der Waals surface area contributed by atoms with E-state index in [2.05, 4.69) is 34.5 Å². The summed E-state index contributed by atoms with van der Waals surface area (Å²) in [6.07, 6.45) is 2.05. The topological polar surface area (TPSA) is 52.7 Å². The van der Waals surface area contributed by atoms with Crippen molar-refractivity contribution in [3.05, 3.63) is 65.5 Å². The van der Waals surface area contributed by atoms with E-state index in [1.54, 1.807) is 16.2 Å². The minimum absolute atomic E-state index is 0.123. The number of likely N-dealkylation sites (tertiary alicyclic amines) is 2. The molecule has 0 saturated carbocycles. The molecule has 0 aliphatic carbocycles. The van der Waals surface area contributed by atoms with Crippen LogP contribution in [0, 0.1) is 5.41 Å². The fourth-order valence-electron chi connectivity index (χ4n) is 4.86. The van der Waals surface area contributed by atoms with Crippen molar-refractivity contribution in [2.24, 2.45) is 5.41 Å². The molecule has 5 nitrogen and oxygen atoms in total. The lowest BCUT2D eigenvalue weighted by molar-refractivity contribution is -0.142. The van der Waals surface area contributed by atoms with Crippen LogP contribution in [0.5, 0.6) is 0 Å². The van der Waals surface area contributed by atoms with Crippen LogP contribution >= 0.6 is 11.3 Å². The Bertz CT molecular complexity index is 1080. The van der Waals surface area contributed by atoms with E-state index in [0.717, 1.165) is 42.6 Å². The number of nitrogens with one attached hydrogen (secondary N) is 1. The van der Waals surface area contributed by atoms with Crippen LogP contribution in [0.1, 0.15) is 18.4 Å². The highest BCUT2D eigenvalue weighted by molar-refractivity contribution is 7.17. The maximum atomic E-state index is 12.8. The van der Waals surface area contributed by atoms with Gasteiger partial charge >= 0.3 is 11.8 Å². The SMILES string of the molecule is O=C(Nc1cccc2ccsc12)C(=O)N1CCC2(CCN(Cc3ccccc3)C2)C1. The smallest absolute Gasteiger partial charge is 0.313 e. The number of thiophene rings is 1. The van der Waals surface area contributed by atoms with Gasteiger partial charge in [0.2, 0.25) is 0 Å². The first-order chi connectivity index (χ1) is 14.6. The second-order valence-corrected chi connectivity index (χ2v) is 9.44. The van der Waals surface area contributed by atoms with E-state index in [4.69, 9.17) is 0 Å². The lowest BCUT2D eigenvalue weighted by Gasteiger charge is -2.24. The van der Waals surface area contributed by atoms with Gasteiger partial charge in [0, 0.05) is 31.6 Å². The molecule has 2 fully saturated rings. The molecule has 1 aromatic heterocycles. The van der Waals surface area contributed by atoms with E-state index >= 15 is 0 Å². The lowest BCUT2D eigenvalue weighted by Crippen LogP contribution is -2.40. The zero-order valence-corrected chi connectivity index (χ0v) is 17.7. The third-order valence-electron chi connectivity index (χ3n) is 6.41. The first kappa shape index (κ1) is 19.3. The second-order valence-electron chi connectivity index (χ2n) is 8.52. The molecule has 2 saturated heterocycles. The first-order valence-corrected chi connectivity index (χ1v) is 11.3. The molecule has 3 heterocycles. The van der Waals surface area contributed by atoms with Crippen molar-refractivity contribution in [1.82, 2.24) is 9.80 Å². The van der Waals surface area contributed by atoms with E-state index in [1.807, 2.05) is 35.7 Å². The molecule has 3 aromatic rings. The minimum Gasteiger partial charge on any atom is -0.334 e. The number of benzene rings is 2. The summed E-state index contributed by atoms with van der Waals surface area (Å²) >= 11 is 1.57. The van der Waals surface area contributed by atoms with Gasteiger partial charge in [-0.1, -0.05) is 42.5 Å². The first-order valence-electron chi connectivity index (χ1n) is 10.4. The van der Waals surface area contributed by atoms with Crippen molar-refractivity contribution < 1.29 is 9.59 Å². The Kier molecular flexibility index (Phi) is 5.05. The molecule has 1 atom stereocenters. The number of nitrogens with zero attached hydrogens (tertiary/aromatic N) is 2. The zero-order chi connectivity index (χ0) is 20.6. The Morgan fingerprint density at radius 3 is 2.67 bits per heavy atom. The summed E-state index contributed by atoms with van der Waals surface area (Å²) in [5, 5.41) is 5.91. The van der Waals surface area contributed by atoms with Gasteiger partial charge in [0.15, 0.2) is 0 Å². The van der Waals surface area contributed by atoms with Gasteiger partial charge in [0.1, 0.15) is 0 Å². The summed E-state index contributed by atoms with van der Waals surface area (Å²) in [4.78, 5) is 29.7. The van der Waals surface area contributed by atoms with Gasteiger partial charge in [0.25, 0.3) is 0 Å². The van der Waals surface area contributed by atoms with Gasteiger partial charge in [0.05, 0.1) is 10.4 Å². The normalized spacial score (nSPS) is 21.5. The predicted octanol–water partition coefficient (Wildman–Crippen LogP) is 3.96. The van der Waals surface area contributed by atoms with Crippen LogP contribution in [0.25, 0.3) is 10.1 Å². The van der Waals surface area contributed by atoms with Crippen LogP contribution in [0.15, 0.2) is 60.0 Å². The Balaban J connectivity index is 1.21. The van der Waals surface area contributed by atoms with Crippen LogP contribution in [-0.4, -0.2) is 47.8 Å². The molecule has 0 bridgehead atoms. The Morgan fingerprint density at radius 2 is 1.80 bits per heavy atom. The summed E-state index contributed by atoms with van der Waals surface area (Å²) in [6, 6.07) is 18.3. The molecule has 1 N–H and O–H groups in total. The average Bonchev–Trinajstić information content (AvgIpc) is 3.49. The van der Waals surface area contributed by atoms with Crippen LogP contribution in [0.3, 0.4) is 0 Å². The molecular formula is C24H25N3O2S. The van der Waals surface area contributed by atoms with Gasteiger partial charge in [-0.25, -0.2) is 0 Å². The maximum Gasteiger partial charge on any atom is 0.313 e. The number of hydrogen-bond acceptors (Lipinski definition) is 4. The molecule has 0 radical (unpaired) electrons. The second kappa shape index (κ2) is 7.85. The number of carbonyl (C=O) groups excluding carboxylic acids is 2. The quantitative estimate of drug-likeness (QED) is 0.654. The summed E-state index contributed by atoms with van der Waals surface area (Å²) < 4.78 is 1.00. The molecule has 2 amide bonds. The Labute approximate surface area is 180 Å². The van der Waals surface area contributed by atoms with Gasteiger partial charge in [-0.15, -0.1) is 11.3 Å². The number of anilines is 1. The van der Waals surface area contributed by atoms with E-state index in [-0.39, 0.29) is 5.41 Å². The van der Waals surface area contributed by atoms with Crippen molar-refractivity contribution in [2.45, 2.75) is 19.4 Å². The minimum atomic E-state index is -0.535. The van der Waals surface area contributed by atoms with Crippen molar-refractivity contribution in [3.63, 3.8) is 0 Å². The highest BCUT2D eigenvalue weighted by atomic mass is 32.1. The number of rotatable bonds is 3. The fraction of sp³-hybridized carbons (Fsp3) is 0.333. The van der Waals surface area contributed by atoms with Crippen molar-refractivity contribution >= 4 is 38.9 Å². The number of hydrogen-bond donors (Lipinski definition) is 1. The van der Waals surface area contributed by atoms with E-state index in [1.165, 1.54) is 5.56 Å². The Hall–Kier alpha value is -2.70. The number of carbonyl (C=O) groups is 2. The third kappa shape index (κ3) is 3.73. The predicted molar refractivity (Wildman–Crippen MR) is 120 cm³/mol. The largest absolute Gasteiger partial charge is 0.334 e. The molecule has 2 aromatic carbocycles. The van der Waals surface area contributed by atoms with Gasteiger partial charge < -0.3 is 10.2 Å². The molecule has 154 valence electrons.